The third-order valence-electron chi connectivity index (χ3n) is 3.84. The van der Waals surface area contributed by atoms with Crippen LogP contribution in [0.3, 0.4) is 0 Å². The Hall–Kier alpha value is -2.70. The molecule has 0 saturated heterocycles. The molecular formula is C19H16Cl2N2O4. The summed E-state index contributed by atoms with van der Waals surface area (Å²) >= 11 is 12.1. The second-order valence-electron chi connectivity index (χ2n) is 5.78. The number of nitrogens with zero attached hydrogens (tertiary/aromatic N) is 2. The molecule has 0 fully saturated rings. The van der Waals surface area contributed by atoms with Crippen molar-refractivity contribution in [2.75, 3.05) is 0 Å². The first kappa shape index (κ1) is 19.1. The zero-order valence-electron chi connectivity index (χ0n) is 14.4. The van der Waals surface area contributed by atoms with E-state index in [1.165, 1.54) is 0 Å². The van der Waals surface area contributed by atoms with E-state index in [9.17, 15) is 4.79 Å². The lowest BCUT2D eigenvalue weighted by Crippen LogP contribution is -2.08. The number of aromatic nitrogens is 2. The highest BCUT2D eigenvalue weighted by atomic mass is 35.5. The second-order valence-corrected chi connectivity index (χ2v) is 6.63. The molecule has 0 radical (unpaired) electrons. The maximum absolute atomic E-state index is 10.7. The Morgan fingerprint density at radius 2 is 1.93 bits per heavy atom. The van der Waals surface area contributed by atoms with Crippen molar-refractivity contribution in [1.29, 1.82) is 0 Å². The van der Waals surface area contributed by atoms with Crippen molar-refractivity contribution in [3.05, 3.63) is 75.4 Å². The van der Waals surface area contributed by atoms with Gasteiger partial charge in [0.2, 0.25) is 5.88 Å². The van der Waals surface area contributed by atoms with Gasteiger partial charge in [0.05, 0.1) is 6.54 Å². The summed E-state index contributed by atoms with van der Waals surface area (Å²) in [7, 11) is 0. The van der Waals surface area contributed by atoms with E-state index in [1.807, 2.05) is 37.3 Å². The molecule has 3 rings (SSSR count). The highest BCUT2D eigenvalue weighted by Gasteiger charge is 2.12. The molecule has 0 amide bonds. The van der Waals surface area contributed by atoms with Gasteiger partial charge in [-0.05, 0) is 25.1 Å². The summed E-state index contributed by atoms with van der Waals surface area (Å²) in [5.41, 5.74) is 2.47. The summed E-state index contributed by atoms with van der Waals surface area (Å²) in [5.74, 6) is 0.713. The molecule has 6 nitrogen and oxygen atoms in total. The Morgan fingerprint density at radius 3 is 2.67 bits per heavy atom. The fourth-order valence-corrected chi connectivity index (χ4v) is 2.97. The van der Waals surface area contributed by atoms with E-state index in [1.54, 1.807) is 22.9 Å². The van der Waals surface area contributed by atoms with Crippen LogP contribution in [0.1, 0.15) is 16.8 Å². The van der Waals surface area contributed by atoms with Gasteiger partial charge in [-0.3, -0.25) is 4.68 Å². The van der Waals surface area contributed by atoms with Crippen LogP contribution in [0.4, 0.5) is 4.79 Å². The Morgan fingerprint density at radius 1 is 1.15 bits per heavy atom. The number of carboxylic acid groups (broad SMARTS) is 1. The molecule has 1 heterocycles. The highest BCUT2D eigenvalue weighted by Crippen LogP contribution is 2.25. The molecule has 0 spiro atoms. The molecule has 140 valence electrons. The van der Waals surface area contributed by atoms with Crippen LogP contribution in [0.2, 0.25) is 10.0 Å². The Kier molecular flexibility index (Phi) is 5.88. The van der Waals surface area contributed by atoms with Crippen LogP contribution in [0.25, 0.3) is 0 Å². The van der Waals surface area contributed by atoms with Crippen LogP contribution in [-0.4, -0.2) is 21.0 Å². The molecule has 0 aliphatic carbocycles. The van der Waals surface area contributed by atoms with Crippen molar-refractivity contribution in [2.45, 2.75) is 20.1 Å². The Bertz CT molecular complexity index is 972. The number of para-hydroxylation sites is 1. The summed E-state index contributed by atoms with van der Waals surface area (Å²) in [4.78, 5) is 10.7. The Labute approximate surface area is 165 Å². The van der Waals surface area contributed by atoms with E-state index < -0.39 is 6.16 Å². The molecule has 27 heavy (non-hydrogen) atoms. The van der Waals surface area contributed by atoms with Gasteiger partial charge in [0.1, 0.15) is 12.4 Å². The topological polar surface area (TPSA) is 73.6 Å². The molecule has 0 unspecified atom stereocenters. The van der Waals surface area contributed by atoms with Crippen molar-refractivity contribution in [2.24, 2.45) is 0 Å². The van der Waals surface area contributed by atoms with Gasteiger partial charge in [-0.2, -0.15) is 0 Å². The zero-order chi connectivity index (χ0) is 19.4. The average molecular weight is 407 g/mol. The van der Waals surface area contributed by atoms with Crippen LogP contribution in [-0.2, 0) is 13.2 Å². The van der Waals surface area contributed by atoms with E-state index in [0.29, 0.717) is 28.9 Å². The highest BCUT2D eigenvalue weighted by molar-refractivity contribution is 6.35. The molecule has 0 aliphatic heterocycles. The van der Waals surface area contributed by atoms with Gasteiger partial charge in [-0.25, -0.2) is 4.79 Å². The van der Waals surface area contributed by atoms with E-state index >= 15 is 0 Å². The molecule has 2 aromatic carbocycles. The molecule has 0 saturated carbocycles. The van der Waals surface area contributed by atoms with Crippen LogP contribution >= 0.6 is 23.2 Å². The minimum Gasteiger partial charge on any atom is -0.488 e. The van der Waals surface area contributed by atoms with E-state index in [4.69, 9.17) is 33.0 Å². The first-order chi connectivity index (χ1) is 12.9. The molecule has 8 heteroatoms. The third kappa shape index (κ3) is 4.93. The van der Waals surface area contributed by atoms with Gasteiger partial charge in [0, 0.05) is 32.9 Å². The standard InChI is InChI=1S/C19H16Cl2N2O4/c1-12-8-18(27-19(24)25)22-23(12)10-13-4-2-3-5-17(13)26-11-14-6-7-15(20)9-16(14)21/h2-9H,10-11H2,1H3,(H,24,25). The summed E-state index contributed by atoms with van der Waals surface area (Å²) in [5, 5.41) is 14.0. The van der Waals surface area contributed by atoms with Gasteiger partial charge in [0.15, 0.2) is 0 Å². The SMILES string of the molecule is Cc1cc(OC(=O)O)nn1Cc1ccccc1OCc1ccc(Cl)cc1Cl. The summed E-state index contributed by atoms with van der Waals surface area (Å²) < 4.78 is 12.2. The number of hydrogen-bond donors (Lipinski definition) is 1. The predicted molar refractivity (Wildman–Crippen MR) is 102 cm³/mol. The monoisotopic (exact) mass is 406 g/mol. The minimum atomic E-state index is -1.40. The first-order valence-electron chi connectivity index (χ1n) is 8.02. The average Bonchev–Trinajstić information content (AvgIpc) is 2.93. The number of ether oxygens (including phenoxy) is 2. The number of benzene rings is 2. The molecule has 0 aliphatic rings. The van der Waals surface area contributed by atoms with Crippen molar-refractivity contribution >= 4 is 29.4 Å². The van der Waals surface area contributed by atoms with Gasteiger partial charge in [-0.15, -0.1) is 5.10 Å². The maximum Gasteiger partial charge on any atom is 0.512 e. The number of rotatable bonds is 6. The van der Waals surface area contributed by atoms with Crippen molar-refractivity contribution in [3.8, 4) is 11.6 Å². The fourth-order valence-electron chi connectivity index (χ4n) is 2.51. The van der Waals surface area contributed by atoms with E-state index in [2.05, 4.69) is 9.84 Å². The normalized spacial score (nSPS) is 10.6. The van der Waals surface area contributed by atoms with Crippen LogP contribution in [0, 0.1) is 6.92 Å². The van der Waals surface area contributed by atoms with Crippen LogP contribution in [0.5, 0.6) is 11.6 Å². The van der Waals surface area contributed by atoms with Crippen molar-refractivity contribution in [3.63, 3.8) is 0 Å². The lowest BCUT2D eigenvalue weighted by atomic mass is 10.2. The van der Waals surface area contributed by atoms with Gasteiger partial charge < -0.3 is 14.6 Å². The quantitative estimate of drug-likeness (QED) is 0.570. The molecule has 0 atom stereocenters. The molecule has 3 aromatic rings. The molecule has 1 N–H and O–H groups in total. The smallest absolute Gasteiger partial charge is 0.488 e. The van der Waals surface area contributed by atoms with Gasteiger partial charge in [0.25, 0.3) is 0 Å². The minimum absolute atomic E-state index is 0.0337. The molecule has 1 aromatic heterocycles. The Balaban J connectivity index is 1.76. The summed E-state index contributed by atoms with van der Waals surface area (Å²) in [6.07, 6.45) is -1.40. The zero-order valence-corrected chi connectivity index (χ0v) is 15.9. The van der Waals surface area contributed by atoms with Gasteiger partial charge >= 0.3 is 6.16 Å². The summed E-state index contributed by atoms with van der Waals surface area (Å²) in [6, 6.07) is 14.3. The number of aryl methyl sites for hydroxylation is 1. The van der Waals surface area contributed by atoms with E-state index in [0.717, 1.165) is 16.8 Å². The lowest BCUT2D eigenvalue weighted by molar-refractivity contribution is 0.142. The largest absolute Gasteiger partial charge is 0.512 e. The van der Waals surface area contributed by atoms with Crippen LogP contribution < -0.4 is 9.47 Å². The number of hydrogen-bond acceptors (Lipinski definition) is 4. The number of halogens is 2. The van der Waals surface area contributed by atoms with Crippen LogP contribution in [0.15, 0.2) is 48.5 Å². The molecular weight excluding hydrogens is 391 g/mol. The number of carbonyl (C=O) groups is 1. The fraction of sp³-hybridized carbons (Fsp3) is 0.158. The van der Waals surface area contributed by atoms with Crippen molar-refractivity contribution in [1.82, 2.24) is 9.78 Å². The third-order valence-corrected chi connectivity index (χ3v) is 4.43. The summed E-state index contributed by atoms with van der Waals surface area (Å²) in [6.45, 7) is 2.51. The molecule has 0 bridgehead atoms. The lowest BCUT2D eigenvalue weighted by Gasteiger charge is -2.13. The maximum atomic E-state index is 10.7. The van der Waals surface area contributed by atoms with E-state index in [-0.39, 0.29) is 5.88 Å². The van der Waals surface area contributed by atoms with Gasteiger partial charge in [-0.1, -0.05) is 47.5 Å². The second kappa shape index (κ2) is 8.33. The first-order valence-corrected chi connectivity index (χ1v) is 8.78. The predicted octanol–water partition coefficient (Wildman–Crippen LogP) is 5.18. The van der Waals surface area contributed by atoms with Crippen molar-refractivity contribution < 1.29 is 19.4 Å².